The van der Waals surface area contributed by atoms with Gasteiger partial charge < -0.3 is 25.8 Å². The SMILES string of the molecule is COc1ccc(Br)cc1NC(=O)NCC(=O)NCC(=O)O. The number of benzene rings is 1. The predicted molar refractivity (Wildman–Crippen MR) is 78.4 cm³/mol. The average Bonchev–Trinajstić information content (AvgIpc) is 2.43. The molecule has 3 amide bonds. The Labute approximate surface area is 129 Å². The van der Waals surface area contributed by atoms with Gasteiger partial charge in [0.15, 0.2) is 0 Å². The van der Waals surface area contributed by atoms with Crippen molar-refractivity contribution in [3.05, 3.63) is 22.7 Å². The van der Waals surface area contributed by atoms with Crippen molar-refractivity contribution in [2.24, 2.45) is 0 Å². The van der Waals surface area contributed by atoms with Gasteiger partial charge in [0.1, 0.15) is 12.3 Å². The summed E-state index contributed by atoms with van der Waals surface area (Å²) in [5, 5.41) is 15.3. The molecule has 0 saturated heterocycles. The van der Waals surface area contributed by atoms with Gasteiger partial charge in [-0.2, -0.15) is 0 Å². The van der Waals surface area contributed by atoms with Crippen LogP contribution in [0.5, 0.6) is 5.75 Å². The normalized spacial score (nSPS) is 9.62. The number of anilines is 1. The molecule has 0 fully saturated rings. The number of rotatable bonds is 6. The number of hydrogen-bond donors (Lipinski definition) is 4. The van der Waals surface area contributed by atoms with Crippen LogP contribution in [0.25, 0.3) is 0 Å². The molecular weight excluding hydrogens is 346 g/mol. The Hall–Kier alpha value is -2.29. The first-order valence-electron chi connectivity index (χ1n) is 5.79. The van der Waals surface area contributed by atoms with E-state index in [1.807, 2.05) is 0 Å². The summed E-state index contributed by atoms with van der Waals surface area (Å²) in [6, 6.07) is 4.44. The number of urea groups is 1. The van der Waals surface area contributed by atoms with Crippen molar-refractivity contribution >= 4 is 39.5 Å². The third-order valence-electron chi connectivity index (χ3n) is 2.26. The van der Waals surface area contributed by atoms with E-state index in [9.17, 15) is 14.4 Å². The number of hydrogen-bond acceptors (Lipinski definition) is 4. The van der Waals surface area contributed by atoms with E-state index in [1.165, 1.54) is 7.11 Å². The van der Waals surface area contributed by atoms with Crippen molar-refractivity contribution in [1.29, 1.82) is 0 Å². The summed E-state index contributed by atoms with van der Waals surface area (Å²) in [6.45, 7) is -0.836. The highest BCUT2D eigenvalue weighted by Crippen LogP contribution is 2.27. The third kappa shape index (κ3) is 6.13. The minimum absolute atomic E-state index is 0.338. The summed E-state index contributed by atoms with van der Waals surface area (Å²) in [5.74, 6) is -1.30. The zero-order valence-electron chi connectivity index (χ0n) is 11.1. The predicted octanol–water partition coefficient (Wildman–Crippen LogP) is 0.780. The quantitative estimate of drug-likeness (QED) is 0.598. The molecule has 114 valence electrons. The summed E-state index contributed by atoms with van der Waals surface area (Å²) in [6.07, 6.45) is 0. The van der Waals surface area contributed by atoms with E-state index in [-0.39, 0.29) is 6.54 Å². The van der Waals surface area contributed by atoms with Crippen molar-refractivity contribution in [2.75, 3.05) is 25.5 Å². The Bertz CT molecular complexity index is 550. The summed E-state index contributed by atoms with van der Waals surface area (Å²) < 4.78 is 5.83. The highest BCUT2D eigenvalue weighted by atomic mass is 79.9. The molecule has 0 atom stereocenters. The molecule has 21 heavy (non-hydrogen) atoms. The van der Waals surface area contributed by atoms with E-state index in [4.69, 9.17) is 9.84 Å². The van der Waals surface area contributed by atoms with Crippen molar-refractivity contribution in [2.45, 2.75) is 0 Å². The minimum atomic E-state index is -1.16. The van der Waals surface area contributed by atoms with Crippen LogP contribution in [0.2, 0.25) is 0 Å². The van der Waals surface area contributed by atoms with Gasteiger partial charge in [0.25, 0.3) is 0 Å². The molecule has 0 heterocycles. The summed E-state index contributed by atoms with van der Waals surface area (Å²) in [4.78, 5) is 33.1. The van der Waals surface area contributed by atoms with Crippen LogP contribution in [0.3, 0.4) is 0 Å². The molecule has 0 aliphatic carbocycles. The van der Waals surface area contributed by atoms with Crippen molar-refractivity contribution in [3.63, 3.8) is 0 Å². The molecule has 0 radical (unpaired) electrons. The lowest BCUT2D eigenvalue weighted by Crippen LogP contribution is -2.40. The maximum absolute atomic E-state index is 11.6. The van der Waals surface area contributed by atoms with Gasteiger partial charge in [-0.3, -0.25) is 9.59 Å². The smallest absolute Gasteiger partial charge is 0.322 e. The number of carboxylic acids is 1. The number of carbonyl (C=O) groups excluding carboxylic acids is 2. The zero-order valence-corrected chi connectivity index (χ0v) is 12.7. The molecule has 4 N–H and O–H groups in total. The highest BCUT2D eigenvalue weighted by molar-refractivity contribution is 9.10. The Morgan fingerprint density at radius 2 is 1.95 bits per heavy atom. The Kier molecular flexibility index (Phi) is 6.47. The fraction of sp³-hybridized carbons (Fsp3) is 0.250. The Morgan fingerprint density at radius 3 is 2.57 bits per heavy atom. The number of carbonyl (C=O) groups is 3. The van der Waals surface area contributed by atoms with E-state index >= 15 is 0 Å². The van der Waals surface area contributed by atoms with E-state index < -0.39 is 24.5 Å². The number of methoxy groups -OCH3 is 1. The molecule has 9 heteroatoms. The largest absolute Gasteiger partial charge is 0.495 e. The number of ether oxygens (including phenoxy) is 1. The van der Waals surface area contributed by atoms with Crippen molar-refractivity contribution < 1.29 is 24.2 Å². The average molecular weight is 360 g/mol. The van der Waals surface area contributed by atoms with Crippen LogP contribution < -0.4 is 20.7 Å². The van der Waals surface area contributed by atoms with Gasteiger partial charge in [0.2, 0.25) is 5.91 Å². The summed E-state index contributed by atoms with van der Waals surface area (Å²) >= 11 is 3.26. The first-order chi connectivity index (χ1) is 9.92. The Morgan fingerprint density at radius 1 is 1.24 bits per heavy atom. The van der Waals surface area contributed by atoms with Gasteiger partial charge in [-0.25, -0.2) is 4.79 Å². The highest BCUT2D eigenvalue weighted by Gasteiger charge is 2.10. The van der Waals surface area contributed by atoms with Crippen LogP contribution in [0, 0.1) is 0 Å². The summed E-state index contributed by atoms with van der Waals surface area (Å²) in [5.41, 5.74) is 0.426. The number of halogens is 1. The van der Waals surface area contributed by atoms with Gasteiger partial charge in [0, 0.05) is 4.47 Å². The van der Waals surface area contributed by atoms with Crippen LogP contribution in [0.15, 0.2) is 22.7 Å². The third-order valence-corrected chi connectivity index (χ3v) is 2.75. The lowest BCUT2D eigenvalue weighted by atomic mass is 10.3. The molecule has 1 rings (SSSR count). The fourth-order valence-corrected chi connectivity index (χ4v) is 1.70. The maximum Gasteiger partial charge on any atom is 0.322 e. The van der Waals surface area contributed by atoms with Crippen LogP contribution >= 0.6 is 15.9 Å². The number of nitrogens with one attached hydrogen (secondary N) is 3. The standard InChI is InChI=1S/C12H14BrN3O5/c1-21-9-3-2-7(13)4-8(9)16-12(20)15-5-10(17)14-6-11(18)19/h2-4H,5-6H2,1H3,(H,14,17)(H,18,19)(H2,15,16,20). The zero-order chi connectivity index (χ0) is 15.8. The monoisotopic (exact) mass is 359 g/mol. The number of carboxylic acid groups (broad SMARTS) is 1. The van der Waals surface area contributed by atoms with E-state index in [0.29, 0.717) is 11.4 Å². The van der Waals surface area contributed by atoms with Gasteiger partial charge >= 0.3 is 12.0 Å². The van der Waals surface area contributed by atoms with Gasteiger partial charge in [-0.15, -0.1) is 0 Å². The van der Waals surface area contributed by atoms with E-state index in [1.54, 1.807) is 18.2 Å². The first-order valence-corrected chi connectivity index (χ1v) is 6.58. The first kappa shape index (κ1) is 16.8. The Balaban J connectivity index is 2.49. The molecule has 0 spiro atoms. The lowest BCUT2D eigenvalue weighted by Gasteiger charge is -2.11. The lowest BCUT2D eigenvalue weighted by molar-refractivity contribution is -0.137. The molecule has 8 nitrogen and oxygen atoms in total. The molecule has 0 aromatic heterocycles. The second kappa shape index (κ2) is 8.10. The summed E-state index contributed by atoms with van der Waals surface area (Å²) in [7, 11) is 1.46. The van der Waals surface area contributed by atoms with Crippen molar-refractivity contribution in [1.82, 2.24) is 10.6 Å². The van der Waals surface area contributed by atoms with Gasteiger partial charge in [0.05, 0.1) is 19.3 Å². The topological polar surface area (TPSA) is 117 Å². The maximum atomic E-state index is 11.6. The molecule has 0 aliphatic heterocycles. The fourth-order valence-electron chi connectivity index (χ4n) is 1.34. The minimum Gasteiger partial charge on any atom is -0.495 e. The molecule has 1 aromatic carbocycles. The molecule has 0 unspecified atom stereocenters. The molecule has 0 saturated carbocycles. The molecular formula is C12H14BrN3O5. The second-order valence-electron chi connectivity index (χ2n) is 3.82. The van der Waals surface area contributed by atoms with Crippen molar-refractivity contribution in [3.8, 4) is 5.75 Å². The van der Waals surface area contributed by atoms with Crippen LogP contribution in [-0.2, 0) is 9.59 Å². The number of amides is 3. The van der Waals surface area contributed by atoms with Crippen LogP contribution in [0.1, 0.15) is 0 Å². The molecule has 0 aliphatic rings. The molecule has 0 bridgehead atoms. The van der Waals surface area contributed by atoms with E-state index in [2.05, 4.69) is 31.9 Å². The number of aliphatic carboxylic acids is 1. The molecule has 1 aromatic rings. The van der Waals surface area contributed by atoms with Gasteiger partial charge in [-0.1, -0.05) is 15.9 Å². The second-order valence-corrected chi connectivity index (χ2v) is 4.74. The van der Waals surface area contributed by atoms with E-state index in [0.717, 1.165) is 4.47 Å². The van der Waals surface area contributed by atoms with Crippen LogP contribution in [0.4, 0.5) is 10.5 Å². The van der Waals surface area contributed by atoms with Crippen LogP contribution in [-0.4, -0.2) is 43.2 Å². The van der Waals surface area contributed by atoms with Gasteiger partial charge in [-0.05, 0) is 18.2 Å².